The fourth-order valence-electron chi connectivity index (χ4n) is 7.08. The molecule has 0 aromatic heterocycles. The van der Waals surface area contributed by atoms with Gasteiger partial charge in [0.25, 0.3) is 0 Å². The summed E-state index contributed by atoms with van der Waals surface area (Å²) in [5, 5.41) is 11.2. The maximum atomic E-state index is 12.9. The third kappa shape index (κ3) is 1.88. The summed E-state index contributed by atoms with van der Waals surface area (Å²) in [6.45, 7) is 6.59. The van der Waals surface area contributed by atoms with Crippen LogP contribution in [-0.4, -0.2) is 22.3 Å². The van der Waals surface area contributed by atoms with Crippen LogP contribution in [0.2, 0.25) is 0 Å². The molecule has 0 heterocycles. The van der Waals surface area contributed by atoms with Gasteiger partial charge in [0.15, 0.2) is 11.6 Å². The van der Waals surface area contributed by atoms with Crippen molar-refractivity contribution < 1.29 is 14.7 Å². The number of ketones is 2. The van der Waals surface area contributed by atoms with E-state index in [1.54, 1.807) is 6.08 Å². The number of allylic oxidation sites excluding steroid dienone is 1. The van der Waals surface area contributed by atoms with Gasteiger partial charge >= 0.3 is 0 Å². The third-order valence-electron chi connectivity index (χ3n) is 8.69. The van der Waals surface area contributed by atoms with E-state index >= 15 is 0 Å². The Balaban J connectivity index is 1.74. The Hall–Kier alpha value is -0.960. The minimum Gasteiger partial charge on any atom is -0.389 e. The Morgan fingerprint density at radius 1 is 1.12 bits per heavy atom. The highest BCUT2D eigenvalue weighted by Crippen LogP contribution is 2.67. The van der Waals surface area contributed by atoms with Crippen LogP contribution in [0.15, 0.2) is 11.6 Å². The van der Waals surface area contributed by atoms with E-state index in [1.165, 1.54) is 0 Å². The van der Waals surface area contributed by atoms with Crippen molar-refractivity contribution in [2.75, 3.05) is 0 Å². The maximum Gasteiger partial charge on any atom is 0.159 e. The molecule has 132 valence electrons. The SMILES string of the molecule is CC[C@]1(O)CC[C@@H]2[C@@H]3CC(=O)C4=CC(=O)CC[C@]4(C)[C@H]3CC[C@@]21C. The lowest BCUT2D eigenvalue weighted by atomic mass is 9.46. The van der Waals surface area contributed by atoms with Crippen LogP contribution >= 0.6 is 0 Å². The Bertz CT molecular complexity index is 635. The average molecular weight is 330 g/mol. The van der Waals surface area contributed by atoms with E-state index in [1.807, 2.05) is 0 Å². The fourth-order valence-corrected chi connectivity index (χ4v) is 7.08. The second-order valence-corrected chi connectivity index (χ2v) is 9.33. The predicted octanol–water partition coefficient (Wildman–Crippen LogP) is 3.84. The molecule has 24 heavy (non-hydrogen) atoms. The van der Waals surface area contributed by atoms with Crippen LogP contribution in [0.25, 0.3) is 0 Å². The van der Waals surface area contributed by atoms with Crippen LogP contribution in [0.5, 0.6) is 0 Å². The highest BCUT2D eigenvalue weighted by Gasteiger charge is 2.64. The molecule has 3 fully saturated rings. The summed E-state index contributed by atoms with van der Waals surface area (Å²) < 4.78 is 0. The van der Waals surface area contributed by atoms with E-state index in [-0.39, 0.29) is 22.4 Å². The van der Waals surface area contributed by atoms with Crippen molar-refractivity contribution in [2.24, 2.45) is 28.6 Å². The fraction of sp³-hybridized carbons (Fsp3) is 0.810. The summed E-state index contributed by atoms with van der Waals surface area (Å²) in [6.07, 6.45) is 8.50. The van der Waals surface area contributed by atoms with Crippen molar-refractivity contribution in [3.8, 4) is 0 Å². The number of Topliss-reactive ketones (excluding diaryl/α,β-unsaturated/α-hetero) is 1. The third-order valence-corrected chi connectivity index (χ3v) is 8.69. The Kier molecular flexibility index (Phi) is 3.46. The molecule has 0 spiro atoms. The highest BCUT2D eigenvalue weighted by atomic mass is 16.3. The Morgan fingerprint density at radius 2 is 1.83 bits per heavy atom. The van der Waals surface area contributed by atoms with Crippen LogP contribution in [0.4, 0.5) is 0 Å². The number of carbonyl (C=O) groups is 2. The molecule has 0 aromatic rings. The largest absolute Gasteiger partial charge is 0.389 e. The zero-order valence-electron chi connectivity index (χ0n) is 15.2. The molecule has 3 nitrogen and oxygen atoms in total. The monoisotopic (exact) mass is 330 g/mol. The van der Waals surface area contributed by atoms with E-state index in [0.717, 1.165) is 44.1 Å². The Labute approximate surface area is 144 Å². The van der Waals surface area contributed by atoms with Gasteiger partial charge in [-0.15, -0.1) is 0 Å². The summed E-state index contributed by atoms with van der Waals surface area (Å²) in [5.74, 6) is 1.64. The predicted molar refractivity (Wildman–Crippen MR) is 92.3 cm³/mol. The molecular weight excluding hydrogens is 300 g/mol. The van der Waals surface area contributed by atoms with Gasteiger partial charge in [0, 0.05) is 18.4 Å². The van der Waals surface area contributed by atoms with Gasteiger partial charge in [-0.1, -0.05) is 20.8 Å². The molecular formula is C21H30O3. The molecule has 0 unspecified atom stereocenters. The lowest BCUT2D eigenvalue weighted by Crippen LogP contribution is -2.56. The molecule has 0 saturated heterocycles. The van der Waals surface area contributed by atoms with E-state index < -0.39 is 5.60 Å². The first-order valence-corrected chi connectivity index (χ1v) is 9.76. The van der Waals surface area contributed by atoms with Crippen molar-refractivity contribution in [1.29, 1.82) is 0 Å². The van der Waals surface area contributed by atoms with Gasteiger partial charge in [-0.25, -0.2) is 0 Å². The van der Waals surface area contributed by atoms with Gasteiger partial charge in [-0.3, -0.25) is 9.59 Å². The topological polar surface area (TPSA) is 54.4 Å². The molecule has 3 heteroatoms. The van der Waals surface area contributed by atoms with Crippen LogP contribution in [0.3, 0.4) is 0 Å². The number of rotatable bonds is 1. The lowest BCUT2D eigenvalue weighted by molar-refractivity contribution is -0.143. The van der Waals surface area contributed by atoms with E-state index in [4.69, 9.17) is 0 Å². The van der Waals surface area contributed by atoms with Crippen LogP contribution < -0.4 is 0 Å². The molecule has 1 N–H and O–H groups in total. The minimum atomic E-state index is -0.564. The zero-order chi connectivity index (χ0) is 17.3. The highest BCUT2D eigenvalue weighted by molar-refractivity contribution is 6.05. The number of aliphatic hydroxyl groups is 1. The summed E-state index contributed by atoms with van der Waals surface area (Å²) >= 11 is 0. The molecule has 0 bridgehead atoms. The number of hydrogen-bond donors (Lipinski definition) is 1. The summed E-state index contributed by atoms with van der Waals surface area (Å²) in [6, 6.07) is 0. The standard InChI is InChI=1S/C21H30O3/c1-4-21(24)10-7-16-14-12-18(23)17-11-13(22)5-8-19(17,2)15(14)6-9-20(16,21)3/h11,14-16,24H,4-10,12H2,1-3H3/t14-,15+,16-,19-,20+,21+/m1/s1. The quantitative estimate of drug-likeness (QED) is 0.795. The smallest absolute Gasteiger partial charge is 0.159 e. The van der Waals surface area contributed by atoms with E-state index in [2.05, 4.69) is 20.8 Å². The Morgan fingerprint density at radius 3 is 2.54 bits per heavy atom. The van der Waals surface area contributed by atoms with Gasteiger partial charge in [-0.2, -0.15) is 0 Å². The lowest BCUT2D eigenvalue weighted by Gasteiger charge is -2.58. The molecule has 3 saturated carbocycles. The van der Waals surface area contributed by atoms with Gasteiger partial charge < -0.3 is 5.11 Å². The zero-order valence-corrected chi connectivity index (χ0v) is 15.2. The molecule has 4 aliphatic carbocycles. The van der Waals surface area contributed by atoms with Crippen molar-refractivity contribution in [2.45, 2.75) is 77.7 Å². The number of hydrogen-bond acceptors (Lipinski definition) is 3. The molecule has 6 atom stereocenters. The molecule has 0 aliphatic heterocycles. The first-order chi connectivity index (χ1) is 11.2. The molecule has 4 rings (SSSR count). The summed E-state index contributed by atoms with van der Waals surface area (Å²) in [4.78, 5) is 24.7. The average Bonchev–Trinajstić information content (AvgIpc) is 2.82. The second-order valence-electron chi connectivity index (χ2n) is 9.33. The molecule has 0 amide bonds. The maximum absolute atomic E-state index is 12.9. The van der Waals surface area contributed by atoms with E-state index in [9.17, 15) is 14.7 Å². The van der Waals surface area contributed by atoms with Crippen LogP contribution in [0.1, 0.15) is 72.1 Å². The van der Waals surface area contributed by atoms with Gasteiger partial charge in [0.2, 0.25) is 0 Å². The minimum absolute atomic E-state index is 0.0503. The number of carbonyl (C=O) groups excluding carboxylic acids is 2. The van der Waals surface area contributed by atoms with Crippen molar-refractivity contribution >= 4 is 11.6 Å². The summed E-state index contributed by atoms with van der Waals surface area (Å²) in [5.41, 5.74) is 0.0749. The summed E-state index contributed by atoms with van der Waals surface area (Å²) in [7, 11) is 0. The molecule has 4 aliphatic rings. The van der Waals surface area contributed by atoms with Crippen LogP contribution in [-0.2, 0) is 9.59 Å². The second kappa shape index (κ2) is 5.03. The van der Waals surface area contributed by atoms with Gasteiger partial charge in [-0.05, 0) is 73.2 Å². The van der Waals surface area contributed by atoms with Gasteiger partial charge in [0.1, 0.15) is 0 Å². The first-order valence-electron chi connectivity index (χ1n) is 9.76. The van der Waals surface area contributed by atoms with Crippen LogP contribution in [0, 0.1) is 28.6 Å². The van der Waals surface area contributed by atoms with Gasteiger partial charge in [0.05, 0.1) is 5.60 Å². The normalized spacial score (nSPS) is 50.8. The van der Waals surface area contributed by atoms with Crippen molar-refractivity contribution in [3.63, 3.8) is 0 Å². The van der Waals surface area contributed by atoms with Crippen molar-refractivity contribution in [3.05, 3.63) is 11.6 Å². The molecule has 0 radical (unpaired) electrons. The number of fused-ring (bicyclic) bond motifs is 5. The van der Waals surface area contributed by atoms with E-state index in [0.29, 0.717) is 30.6 Å². The molecule has 0 aromatic carbocycles. The first kappa shape index (κ1) is 16.5. The van der Waals surface area contributed by atoms with Crippen molar-refractivity contribution in [1.82, 2.24) is 0 Å².